The lowest BCUT2D eigenvalue weighted by Crippen LogP contribution is -2.02. The lowest BCUT2D eigenvalue weighted by atomic mass is 10.0. The van der Waals surface area contributed by atoms with E-state index in [-0.39, 0.29) is 0 Å². The Balaban J connectivity index is 1.35. The van der Waals surface area contributed by atoms with Gasteiger partial charge in [0, 0.05) is 16.8 Å². The number of hydrogen-bond acceptors (Lipinski definition) is 3. The topological polar surface area (TPSA) is 53.5 Å². The van der Waals surface area contributed by atoms with E-state index in [1.54, 1.807) is 0 Å². The zero-order valence-electron chi connectivity index (χ0n) is 24.2. The minimum atomic E-state index is 0.893. The third-order valence-corrected chi connectivity index (χ3v) is 8.41. The van der Waals surface area contributed by atoms with Crippen molar-refractivity contribution in [1.29, 1.82) is 0 Å². The molecule has 3 heterocycles. The highest BCUT2D eigenvalue weighted by Gasteiger charge is 2.18. The molecule has 9 rings (SSSR count). The van der Waals surface area contributed by atoms with Crippen LogP contribution in [0.15, 0.2) is 158 Å². The van der Waals surface area contributed by atoms with Crippen LogP contribution in [0.4, 0.5) is 0 Å². The van der Waals surface area contributed by atoms with E-state index in [4.69, 9.17) is 15.0 Å². The average molecular weight is 579 g/mol. The second kappa shape index (κ2) is 10.2. The van der Waals surface area contributed by atoms with Gasteiger partial charge in [-0.1, -0.05) is 84.9 Å². The van der Waals surface area contributed by atoms with E-state index in [2.05, 4.69) is 123 Å². The Morgan fingerprint density at radius 3 is 1.78 bits per heavy atom. The normalized spacial score (nSPS) is 11.6. The minimum absolute atomic E-state index is 0.893. The Morgan fingerprint density at radius 1 is 0.422 bits per heavy atom. The summed E-state index contributed by atoms with van der Waals surface area (Å²) in [5.74, 6) is 0.893. The molecule has 0 N–H and O–H groups in total. The van der Waals surface area contributed by atoms with Gasteiger partial charge in [-0.15, -0.1) is 0 Å². The van der Waals surface area contributed by atoms with Gasteiger partial charge in [0.2, 0.25) is 0 Å². The molecule has 0 saturated carbocycles. The van der Waals surface area contributed by atoms with E-state index in [0.717, 1.165) is 72.7 Å². The average Bonchev–Trinajstić information content (AvgIpc) is 3.84. The van der Waals surface area contributed by atoms with Crippen molar-refractivity contribution in [2.75, 3.05) is 0 Å². The van der Waals surface area contributed by atoms with E-state index >= 15 is 0 Å². The van der Waals surface area contributed by atoms with Gasteiger partial charge in [0.25, 0.3) is 0 Å². The maximum Gasteiger partial charge on any atom is 0.145 e. The molecule has 3 aromatic heterocycles. The first-order valence-electron chi connectivity index (χ1n) is 14.9. The van der Waals surface area contributed by atoms with Crippen LogP contribution in [0.25, 0.3) is 72.7 Å². The van der Waals surface area contributed by atoms with Gasteiger partial charge in [-0.3, -0.25) is 13.7 Å². The summed E-state index contributed by atoms with van der Waals surface area (Å²) in [4.78, 5) is 14.6. The van der Waals surface area contributed by atoms with Gasteiger partial charge in [-0.25, -0.2) is 15.0 Å². The predicted molar refractivity (Wildman–Crippen MR) is 181 cm³/mol. The Kier molecular flexibility index (Phi) is 5.71. The molecule has 0 bridgehead atoms. The molecule has 0 atom stereocenters. The van der Waals surface area contributed by atoms with Crippen LogP contribution in [0, 0.1) is 0 Å². The number of rotatable bonds is 5. The number of benzene rings is 6. The summed E-state index contributed by atoms with van der Waals surface area (Å²) in [7, 11) is 0. The van der Waals surface area contributed by atoms with Gasteiger partial charge in [0.15, 0.2) is 0 Å². The molecule has 0 radical (unpaired) electrons. The molecule has 0 aliphatic heterocycles. The van der Waals surface area contributed by atoms with E-state index < -0.39 is 0 Å². The standard InChI is InChI=1S/C39H26N6/c1-2-12-27(13-3-1)39-42-34-17-7-11-21-38(34)45(39)30-23-28(22-29(24-30)43-25-40-32-15-5-9-19-36(32)43)31-14-4-8-18-35(31)44-26-41-33-16-6-10-20-37(33)44/h1-26H. The molecule has 0 spiro atoms. The van der Waals surface area contributed by atoms with Crippen LogP contribution in [0.1, 0.15) is 0 Å². The molecular weight excluding hydrogens is 552 g/mol. The molecule has 45 heavy (non-hydrogen) atoms. The summed E-state index contributed by atoms with van der Waals surface area (Å²) in [6, 6.07) is 50.5. The van der Waals surface area contributed by atoms with E-state index in [1.165, 1.54) is 0 Å². The summed E-state index contributed by atoms with van der Waals surface area (Å²) in [6.07, 6.45) is 3.82. The van der Waals surface area contributed by atoms with Crippen molar-refractivity contribution in [3.05, 3.63) is 158 Å². The first-order chi connectivity index (χ1) is 22.3. The van der Waals surface area contributed by atoms with Crippen LogP contribution in [0.3, 0.4) is 0 Å². The molecule has 0 unspecified atom stereocenters. The van der Waals surface area contributed by atoms with E-state index in [0.29, 0.717) is 0 Å². The Bertz CT molecular complexity index is 2500. The van der Waals surface area contributed by atoms with E-state index in [1.807, 2.05) is 49.1 Å². The first kappa shape index (κ1) is 25.2. The third kappa shape index (κ3) is 4.15. The molecule has 6 nitrogen and oxygen atoms in total. The Labute approximate surface area is 259 Å². The number of hydrogen-bond donors (Lipinski definition) is 0. The molecule has 6 aromatic carbocycles. The highest BCUT2D eigenvalue weighted by atomic mass is 15.1. The number of nitrogens with zero attached hydrogens (tertiary/aromatic N) is 6. The summed E-state index contributed by atoms with van der Waals surface area (Å²) in [6.45, 7) is 0. The summed E-state index contributed by atoms with van der Waals surface area (Å²) < 4.78 is 6.61. The third-order valence-electron chi connectivity index (χ3n) is 8.41. The highest BCUT2D eigenvalue weighted by Crippen LogP contribution is 2.36. The van der Waals surface area contributed by atoms with Gasteiger partial charge in [0.1, 0.15) is 18.5 Å². The lowest BCUT2D eigenvalue weighted by Gasteiger charge is -2.17. The minimum Gasteiger partial charge on any atom is -0.299 e. The van der Waals surface area contributed by atoms with Crippen LogP contribution in [-0.4, -0.2) is 28.7 Å². The van der Waals surface area contributed by atoms with Crippen LogP contribution in [0.2, 0.25) is 0 Å². The second-order valence-corrected chi connectivity index (χ2v) is 11.1. The van der Waals surface area contributed by atoms with E-state index in [9.17, 15) is 0 Å². The van der Waals surface area contributed by atoms with Crippen molar-refractivity contribution >= 4 is 33.1 Å². The van der Waals surface area contributed by atoms with Gasteiger partial charge < -0.3 is 0 Å². The molecule has 0 amide bonds. The zero-order chi connectivity index (χ0) is 29.7. The number of imidazole rings is 3. The Morgan fingerprint density at radius 2 is 1.00 bits per heavy atom. The van der Waals surface area contributed by atoms with Gasteiger partial charge >= 0.3 is 0 Å². The van der Waals surface area contributed by atoms with Crippen molar-refractivity contribution in [2.24, 2.45) is 0 Å². The fraction of sp³-hybridized carbons (Fsp3) is 0. The molecule has 6 heteroatoms. The molecule has 212 valence electrons. The fourth-order valence-electron chi connectivity index (χ4n) is 6.33. The number of para-hydroxylation sites is 7. The van der Waals surface area contributed by atoms with Crippen molar-refractivity contribution in [2.45, 2.75) is 0 Å². The van der Waals surface area contributed by atoms with Crippen LogP contribution >= 0.6 is 0 Å². The van der Waals surface area contributed by atoms with Crippen molar-refractivity contribution in [3.63, 3.8) is 0 Å². The van der Waals surface area contributed by atoms with Crippen LogP contribution in [0.5, 0.6) is 0 Å². The number of aromatic nitrogens is 6. The second-order valence-electron chi connectivity index (χ2n) is 11.1. The van der Waals surface area contributed by atoms with Gasteiger partial charge in [0.05, 0.1) is 44.5 Å². The first-order valence-corrected chi connectivity index (χ1v) is 14.9. The monoisotopic (exact) mass is 578 g/mol. The van der Waals surface area contributed by atoms with Gasteiger partial charge in [-0.2, -0.15) is 0 Å². The van der Waals surface area contributed by atoms with Crippen molar-refractivity contribution in [1.82, 2.24) is 28.7 Å². The predicted octanol–water partition coefficient (Wildman–Crippen LogP) is 9.04. The Hall–Kier alpha value is -6.27. The molecular formula is C39H26N6. The zero-order valence-corrected chi connectivity index (χ0v) is 24.2. The highest BCUT2D eigenvalue weighted by molar-refractivity contribution is 5.87. The fourth-order valence-corrected chi connectivity index (χ4v) is 6.33. The smallest absolute Gasteiger partial charge is 0.145 e. The summed E-state index contributed by atoms with van der Waals surface area (Å²) in [5, 5.41) is 0. The maximum absolute atomic E-state index is 5.13. The quantitative estimate of drug-likeness (QED) is 0.205. The largest absolute Gasteiger partial charge is 0.299 e. The summed E-state index contributed by atoms with van der Waals surface area (Å²) in [5.41, 5.74) is 12.3. The maximum atomic E-state index is 5.13. The molecule has 0 aliphatic rings. The van der Waals surface area contributed by atoms with Gasteiger partial charge in [-0.05, 0) is 66.2 Å². The van der Waals surface area contributed by atoms with Crippen molar-refractivity contribution < 1.29 is 0 Å². The van der Waals surface area contributed by atoms with Crippen molar-refractivity contribution in [3.8, 4) is 39.6 Å². The van der Waals surface area contributed by atoms with Crippen LogP contribution < -0.4 is 0 Å². The molecule has 0 saturated heterocycles. The lowest BCUT2D eigenvalue weighted by molar-refractivity contribution is 1.06. The molecule has 0 aliphatic carbocycles. The molecule has 0 fully saturated rings. The molecule has 9 aromatic rings. The summed E-state index contributed by atoms with van der Waals surface area (Å²) >= 11 is 0. The van der Waals surface area contributed by atoms with Crippen LogP contribution in [-0.2, 0) is 0 Å². The number of fused-ring (bicyclic) bond motifs is 3. The SMILES string of the molecule is c1ccc(-c2nc3ccccc3n2-c2cc(-c3ccccc3-n3cnc4ccccc43)cc(-n3cnc4ccccc43)c2)cc1.